The van der Waals surface area contributed by atoms with Crippen LogP contribution in [-0.4, -0.2) is 33.8 Å². The van der Waals surface area contributed by atoms with E-state index in [0.717, 1.165) is 28.0 Å². The van der Waals surface area contributed by atoms with Gasteiger partial charge in [0.2, 0.25) is 0 Å². The van der Waals surface area contributed by atoms with Crippen molar-refractivity contribution in [1.29, 1.82) is 0 Å². The van der Waals surface area contributed by atoms with Crippen molar-refractivity contribution in [2.24, 2.45) is 0 Å². The first-order chi connectivity index (χ1) is 15.9. The predicted octanol–water partition coefficient (Wildman–Crippen LogP) is 4.88. The number of aryl methyl sites for hydroxylation is 2. The average Bonchev–Trinajstić information content (AvgIpc) is 2.81. The molecule has 0 saturated heterocycles. The number of amides is 1. The molecule has 3 rings (SSSR count). The van der Waals surface area contributed by atoms with Gasteiger partial charge >= 0.3 is 0 Å². The minimum Gasteiger partial charge on any atom is -0.496 e. The van der Waals surface area contributed by atoms with Crippen LogP contribution in [0.5, 0.6) is 23.0 Å². The van der Waals surface area contributed by atoms with Crippen LogP contribution in [0, 0.1) is 13.8 Å². The van der Waals surface area contributed by atoms with Crippen LogP contribution in [0.3, 0.4) is 0 Å². The molecule has 0 heterocycles. The van der Waals surface area contributed by atoms with Gasteiger partial charge in [-0.15, -0.1) is 0 Å². The number of carbonyl (C=O) groups is 1. The monoisotopic (exact) mass is 449 g/mol. The van der Waals surface area contributed by atoms with E-state index in [-0.39, 0.29) is 5.91 Å². The Balaban J connectivity index is 1.63. The second kappa shape index (κ2) is 11.3. The summed E-state index contributed by atoms with van der Waals surface area (Å²) in [6.07, 6.45) is 0.672. The topological polar surface area (TPSA) is 66.0 Å². The van der Waals surface area contributed by atoms with Crippen molar-refractivity contribution >= 4 is 5.91 Å². The highest BCUT2D eigenvalue weighted by molar-refractivity contribution is 5.94. The van der Waals surface area contributed by atoms with Gasteiger partial charge in [0.25, 0.3) is 5.91 Å². The molecular weight excluding hydrogens is 418 g/mol. The van der Waals surface area contributed by atoms with E-state index in [1.54, 1.807) is 33.5 Å². The van der Waals surface area contributed by atoms with Crippen molar-refractivity contribution in [1.82, 2.24) is 5.32 Å². The van der Waals surface area contributed by atoms with Crippen molar-refractivity contribution in [2.45, 2.75) is 26.9 Å². The lowest BCUT2D eigenvalue weighted by Crippen LogP contribution is -2.25. The summed E-state index contributed by atoms with van der Waals surface area (Å²) in [6.45, 7) is 4.87. The van der Waals surface area contributed by atoms with Crippen molar-refractivity contribution in [3.05, 3.63) is 82.4 Å². The minimum atomic E-state index is -0.147. The number of methoxy groups -OCH3 is 3. The van der Waals surface area contributed by atoms with Crippen molar-refractivity contribution in [2.75, 3.05) is 27.9 Å². The highest BCUT2D eigenvalue weighted by Crippen LogP contribution is 2.28. The maximum atomic E-state index is 12.7. The first-order valence-electron chi connectivity index (χ1n) is 10.8. The lowest BCUT2D eigenvalue weighted by Gasteiger charge is -2.13. The third-order valence-electron chi connectivity index (χ3n) is 5.28. The highest BCUT2D eigenvalue weighted by atomic mass is 16.5. The molecule has 0 fully saturated rings. The fourth-order valence-corrected chi connectivity index (χ4v) is 3.67. The van der Waals surface area contributed by atoms with Gasteiger partial charge < -0.3 is 24.3 Å². The van der Waals surface area contributed by atoms with E-state index in [2.05, 4.69) is 11.4 Å². The highest BCUT2D eigenvalue weighted by Gasteiger charge is 2.12. The van der Waals surface area contributed by atoms with E-state index in [0.29, 0.717) is 42.4 Å². The van der Waals surface area contributed by atoms with E-state index in [9.17, 15) is 4.79 Å². The number of hydrogen-bond acceptors (Lipinski definition) is 5. The molecule has 0 atom stereocenters. The van der Waals surface area contributed by atoms with Crippen LogP contribution < -0.4 is 24.3 Å². The Hall–Kier alpha value is -3.67. The summed E-state index contributed by atoms with van der Waals surface area (Å²) in [4.78, 5) is 12.7. The molecule has 0 spiro atoms. The van der Waals surface area contributed by atoms with Gasteiger partial charge in [0.15, 0.2) is 11.5 Å². The van der Waals surface area contributed by atoms with E-state index < -0.39 is 0 Å². The van der Waals surface area contributed by atoms with Crippen LogP contribution in [0.1, 0.15) is 32.6 Å². The molecule has 1 N–H and O–H groups in total. The van der Waals surface area contributed by atoms with Gasteiger partial charge in [-0.3, -0.25) is 4.79 Å². The Labute approximate surface area is 195 Å². The summed E-state index contributed by atoms with van der Waals surface area (Å²) < 4.78 is 22.0. The van der Waals surface area contributed by atoms with Gasteiger partial charge in [0.1, 0.15) is 18.1 Å². The molecule has 0 saturated carbocycles. The number of benzene rings is 3. The fourth-order valence-electron chi connectivity index (χ4n) is 3.67. The summed E-state index contributed by atoms with van der Waals surface area (Å²) >= 11 is 0. The Morgan fingerprint density at radius 1 is 0.788 bits per heavy atom. The summed E-state index contributed by atoms with van der Waals surface area (Å²) in [6, 6.07) is 17.2. The Bertz CT molecular complexity index is 1090. The van der Waals surface area contributed by atoms with E-state index in [1.807, 2.05) is 50.2 Å². The molecule has 0 aromatic heterocycles. The largest absolute Gasteiger partial charge is 0.496 e. The zero-order valence-corrected chi connectivity index (χ0v) is 19.9. The van der Waals surface area contributed by atoms with Crippen molar-refractivity contribution < 1.29 is 23.7 Å². The van der Waals surface area contributed by atoms with Gasteiger partial charge in [0, 0.05) is 17.7 Å². The molecule has 3 aromatic rings. The molecule has 0 aliphatic heterocycles. The van der Waals surface area contributed by atoms with Crippen LogP contribution in [0.15, 0.2) is 54.6 Å². The van der Waals surface area contributed by atoms with Crippen LogP contribution >= 0.6 is 0 Å². The first-order valence-corrected chi connectivity index (χ1v) is 10.8. The van der Waals surface area contributed by atoms with Crippen LogP contribution in [0.2, 0.25) is 0 Å². The normalized spacial score (nSPS) is 10.5. The van der Waals surface area contributed by atoms with Gasteiger partial charge in [-0.1, -0.05) is 12.1 Å². The summed E-state index contributed by atoms with van der Waals surface area (Å²) in [7, 11) is 4.82. The molecule has 0 radical (unpaired) electrons. The Morgan fingerprint density at radius 2 is 1.45 bits per heavy atom. The first kappa shape index (κ1) is 24.0. The second-order valence-electron chi connectivity index (χ2n) is 7.83. The van der Waals surface area contributed by atoms with Crippen LogP contribution in [0.4, 0.5) is 0 Å². The van der Waals surface area contributed by atoms with Crippen LogP contribution in [-0.2, 0) is 13.0 Å². The van der Waals surface area contributed by atoms with Gasteiger partial charge in [-0.25, -0.2) is 0 Å². The lowest BCUT2D eigenvalue weighted by molar-refractivity contribution is 0.0954. The maximum absolute atomic E-state index is 12.7. The zero-order valence-electron chi connectivity index (χ0n) is 19.9. The second-order valence-corrected chi connectivity index (χ2v) is 7.83. The number of hydrogen-bond donors (Lipinski definition) is 1. The standard InChI is InChI=1S/C27H31NO5/c1-18-12-19(2)14-23(13-18)33-17-22-16-21(7-9-24(22)30-3)27(29)28-11-10-20-6-8-25(31-4)26(15-20)32-5/h6-9,12-16H,10-11,17H2,1-5H3,(H,28,29). The smallest absolute Gasteiger partial charge is 0.251 e. The number of nitrogens with one attached hydrogen (secondary N) is 1. The van der Waals surface area contributed by atoms with Crippen molar-refractivity contribution in [3.8, 4) is 23.0 Å². The molecule has 33 heavy (non-hydrogen) atoms. The Kier molecular flexibility index (Phi) is 8.19. The van der Waals surface area contributed by atoms with Gasteiger partial charge in [-0.05, 0) is 79.4 Å². The third kappa shape index (κ3) is 6.42. The van der Waals surface area contributed by atoms with Crippen molar-refractivity contribution in [3.63, 3.8) is 0 Å². The van der Waals surface area contributed by atoms with E-state index in [4.69, 9.17) is 18.9 Å². The van der Waals surface area contributed by atoms with Crippen LogP contribution in [0.25, 0.3) is 0 Å². The maximum Gasteiger partial charge on any atom is 0.251 e. The number of carbonyl (C=O) groups excluding carboxylic acids is 1. The zero-order chi connectivity index (χ0) is 23.8. The minimum absolute atomic E-state index is 0.147. The molecular formula is C27H31NO5. The summed E-state index contributed by atoms with van der Waals surface area (Å²) in [5, 5.41) is 2.97. The fraction of sp³-hybridized carbons (Fsp3) is 0.296. The molecule has 6 heteroatoms. The van der Waals surface area contributed by atoms with E-state index >= 15 is 0 Å². The van der Waals surface area contributed by atoms with Gasteiger partial charge in [-0.2, -0.15) is 0 Å². The molecule has 0 bridgehead atoms. The molecule has 6 nitrogen and oxygen atoms in total. The predicted molar refractivity (Wildman–Crippen MR) is 129 cm³/mol. The van der Waals surface area contributed by atoms with Gasteiger partial charge in [0.05, 0.1) is 21.3 Å². The number of rotatable bonds is 10. The molecule has 0 unspecified atom stereocenters. The molecule has 0 aliphatic rings. The Morgan fingerprint density at radius 3 is 2.12 bits per heavy atom. The number of ether oxygens (including phenoxy) is 4. The average molecular weight is 450 g/mol. The lowest BCUT2D eigenvalue weighted by atomic mass is 10.1. The SMILES string of the molecule is COc1ccc(C(=O)NCCc2ccc(OC)c(OC)c2)cc1COc1cc(C)cc(C)c1. The summed E-state index contributed by atoms with van der Waals surface area (Å²) in [5.41, 5.74) is 4.69. The summed E-state index contributed by atoms with van der Waals surface area (Å²) in [5.74, 6) is 2.68. The molecule has 0 aliphatic carbocycles. The molecule has 3 aromatic carbocycles. The molecule has 1 amide bonds. The van der Waals surface area contributed by atoms with E-state index in [1.165, 1.54) is 0 Å². The quantitative estimate of drug-likeness (QED) is 0.478. The molecule has 174 valence electrons. The third-order valence-corrected chi connectivity index (χ3v) is 5.28.